The van der Waals surface area contributed by atoms with Gasteiger partial charge in [0.05, 0.1) is 0 Å². The molecule has 0 heterocycles. The van der Waals surface area contributed by atoms with Gasteiger partial charge < -0.3 is 6.53 Å². The average molecular weight is 208 g/mol. The van der Waals surface area contributed by atoms with Crippen LogP contribution >= 0.6 is 0 Å². The van der Waals surface area contributed by atoms with E-state index in [4.69, 9.17) is 5.11 Å². The molecule has 0 rings (SSSR count). The summed E-state index contributed by atoms with van der Waals surface area (Å²) in [5.74, 6) is -0.659. The molecule has 0 unspecified atom stereocenters. The topological polar surface area (TPSA) is 37.3 Å². The SMILES string of the molecule is CCCCCCCCCCCC(=O)O.[H-].[Li+]. The Balaban J connectivity index is -0.000000845. The summed E-state index contributed by atoms with van der Waals surface area (Å²) in [6.07, 6.45) is 11.5. The van der Waals surface area contributed by atoms with Crippen LogP contribution in [0.4, 0.5) is 0 Å². The Morgan fingerprint density at radius 3 is 1.73 bits per heavy atom. The van der Waals surface area contributed by atoms with Crippen molar-refractivity contribution in [3.63, 3.8) is 0 Å². The maximum atomic E-state index is 10.2. The van der Waals surface area contributed by atoms with Crippen LogP contribution in [0.25, 0.3) is 0 Å². The van der Waals surface area contributed by atoms with Crippen molar-refractivity contribution in [2.75, 3.05) is 0 Å². The molecule has 0 spiro atoms. The Kier molecular flexibility index (Phi) is 16.4. The van der Waals surface area contributed by atoms with Gasteiger partial charge in [-0.25, -0.2) is 0 Å². The maximum Gasteiger partial charge on any atom is 1.00 e. The Hall–Kier alpha value is 0.0674. The summed E-state index contributed by atoms with van der Waals surface area (Å²) in [6, 6.07) is 0. The molecule has 15 heavy (non-hydrogen) atoms. The fourth-order valence-electron chi connectivity index (χ4n) is 1.59. The van der Waals surface area contributed by atoms with Crippen molar-refractivity contribution < 1.29 is 30.2 Å². The average Bonchev–Trinajstić information content (AvgIpc) is 2.15. The van der Waals surface area contributed by atoms with Crippen molar-refractivity contribution >= 4 is 5.97 Å². The molecule has 0 amide bonds. The molecule has 0 fully saturated rings. The number of hydrogen-bond acceptors (Lipinski definition) is 1. The number of carbonyl (C=O) groups is 1. The Bertz CT molecular complexity index is 143. The molecule has 0 bridgehead atoms. The van der Waals surface area contributed by atoms with Crippen molar-refractivity contribution in [1.82, 2.24) is 0 Å². The van der Waals surface area contributed by atoms with Gasteiger partial charge in [0.1, 0.15) is 0 Å². The Labute approximate surface area is 107 Å². The van der Waals surface area contributed by atoms with Gasteiger partial charge in [0.2, 0.25) is 0 Å². The van der Waals surface area contributed by atoms with E-state index in [1.165, 1.54) is 44.9 Å². The zero-order chi connectivity index (χ0) is 10.6. The smallest absolute Gasteiger partial charge is 1.00 e. The molecule has 0 aliphatic heterocycles. The molecule has 0 aliphatic rings. The molecule has 0 saturated heterocycles. The zero-order valence-electron chi connectivity index (χ0n) is 11.4. The van der Waals surface area contributed by atoms with Crippen LogP contribution in [0.1, 0.15) is 72.6 Å². The minimum atomic E-state index is -0.659. The van der Waals surface area contributed by atoms with E-state index in [2.05, 4.69) is 6.92 Å². The monoisotopic (exact) mass is 208 g/mol. The molecule has 0 aromatic rings. The summed E-state index contributed by atoms with van der Waals surface area (Å²) in [6.45, 7) is 2.23. The van der Waals surface area contributed by atoms with E-state index in [1.54, 1.807) is 0 Å². The van der Waals surface area contributed by atoms with Gasteiger partial charge >= 0.3 is 24.8 Å². The van der Waals surface area contributed by atoms with E-state index < -0.39 is 5.97 Å². The summed E-state index contributed by atoms with van der Waals surface area (Å²) in [5, 5.41) is 8.41. The van der Waals surface area contributed by atoms with Crippen LogP contribution in [0, 0.1) is 0 Å². The van der Waals surface area contributed by atoms with Gasteiger partial charge in [-0.1, -0.05) is 58.3 Å². The number of carboxylic acid groups (broad SMARTS) is 1. The Morgan fingerprint density at radius 1 is 0.933 bits per heavy atom. The second-order valence-electron chi connectivity index (χ2n) is 3.97. The third-order valence-corrected chi connectivity index (χ3v) is 2.49. The molecule has 0 aromatic heterocycles. The van der Waals surface area contributed by atoms with E-state index >= 15 is 0 Å². The minimum Gasteiger partial charge on any atom is -1.00 e. The molecule has 0 aromatic carbocycles. The standard InChI is InChI=1S/C12H24O2.Li.H/c1-2-3-4-5-6-7-8-9-10-11-12(13)14;;/h2-11H2,1H3,(H,13,14);;/q;+1;-1. The molecule has 0 atom stereocenters. The van der Waals surface area contributed by atoms with Gasteiger partial charge in [-0.15, -0.1) is 0 Å². The van der Waals surface area contributed by atoms with E-state index in [9.17, 15) is 4.79 Å². The first kappa shape index (κ1) is 17.5. The fourth-order valence-corrected chi connectivity index (χ4v) is 1.59. The van der Waals surface area contributed by atoms with Crippen molar-refractivity contribution in [1.29, 1.82) is 0 Å². The third kappa shape index (κ3) is 16.7. The molecular formula is C12H25LiO2. The van der Waals surface area contributed by atoms with Crippen LogP contribution in [-0.4, -0.2) is 11.1 Å². The molecule has 86 valence electrons. The van der Waals surface area contributed by atoms with E-state index in [1.807, 2.05) is 0 Å². The van der Waals surface area contributed by atoms with Crippen molar-refractivity contribution in [3.8, 4) is 0 Å². The molecule has 1 N–H and O–H groups in total. The largest absolute Gasteiger partial charge is 1.00 e. The van der Waals surface area contributed by atoms with Gasteiger partial charge in [-0.3, -0.25) is 4.79 Å². The minimum absolute atomic E-state index is 0. The molecule has 0 radical (unpaired) electrons. The van der Waals surface area contributed by atoms with E-state index in [0.29, 0.717) is 6.42 Å². The predicted molar refractivity (Wildman–Crippen MR) is 60.6 cm³/mol. The fraction of sp³-hybridized carbons (Fsp3) is 0.917. The molecule has 2 nitrogen and oxygen atoms in total. The van der Waals surface area contributed by atoms with Gasteiger partial charge in [0, 0.05) is 6.42 Å². The number of aliphatic carboxylic acids is 1. The van der Waals surface area contributed by atoms with Crippen molar-refractivity contribution in [3.05, 3.63) is 0 Å². The van der Waals surface area contributed by atoms with Crippen LogP contribution in [0.2, 0.25) is 0 Å². The van der Waals surface area contributed by atoms with Crippen LogP contribution in [0.5, 0.6) is 0 Å². The number of carboxylic acids is 1. The quantitative estimate of drug-likeness (QED) is 0.431. The number of unbranched alkanes of at least 4 members (excludes halogenated alkanes) is 8. The Morgan fingerprint density at radius 2 is 1.33 bits per heavy atom. The zero-order valence-corrected chi connectivity index (χ0v) is 10.4. The number of rotatable bonds is 10. The third-order valence-electron chi connectivity index (χ3n) is 2.49. The van der Waals surface area contributed by atoms with Crippen molar-refractivity contribution in [2.24, 2.45) is 0 Å². The second-order valence-corrected chi connectivity index (χ2v) is 3.97. The van der Waals surface area contributed by atoms with Gasteiger partial charge in [0.25, 0.3) is 0 Å². The van der Waals surface area contributed by atoms with Gasteiger partial charge in [-0.05, 0) is 6.42 Å². The second kappa shape index (κ2) is 14.1. The molecule has 0 aliphatic carbocycles. The van der Waals surface area contributed by atoms with Crippen LogP contribution in [-0.2, 0) is 4.79 Å². The molecule has 3 heteroatoms. The summed E-state index contributed by atoms with van der Waals surface area (Å²) in [5.41, 5.74) is 0. The van der Waals surface area contributed by atoms with Crippen LogP contribution in [0.15, 0.2) is 0 Å². The first-order valence-corrected chi connectivity index (χ1v) is 5.99. The maximum absolute atomic E-state index is 10.2. The first-order valence-electron chi connectivity index (χ1n) is 5.99. The summed E-state index contributed by atoms with van der Waals surface area (Å²) in [7, 11) is 0. The summed E-state index contributed by atoms with van der Waals surface area (Å²) >= 11 is 0. The summed E-state index contributed by atoms with van der Waals surface area (Å²) < 4.78 is 0. The number of hydrogen-bond donors (Lipinski definition) is 1. The normalized spacial score (nSPS) is 9.67. The van der Waals surface area contributed by atoms with Crippen molar-refractivity contribution in [2.45, 2.75) is 71.1 Å². The van der Waals surface area contributed by atoms with Gasteiger partial charge in [0.15, 0.2) is 0 Å². The predicted octanol–water partition coefficient (Wildman–Crippen LogP) is 1.11. The van der Waals surface area contributed by atoms with Crippen LogP contribution in [0.3, 0.4) is 0 Å². The van der Waals surface area contributed by atoms with Crippen LogP contribution < -0.4 is 18.9 Å². The van der Waals surface area contributed by atoms with E-state index in [-0.39, 0.29) is 20.3 Å². The first-order chi connectivity index (χ1) is 6.77. The van der Waals surface area contributed by atoms with Gasteiger partial charge in [-0.2, -0.15) is 0 Å². The summed E-state index contributed by atoms with van der Waals surface area (Å²) in [4.78, 5) is 10.2. The molecular weight excluding hydrogens is 183 g/mol. The van der Waals surface area contributed by atoms with E-state index in [0.717, 1.165) is 12.8 Å². The molecule has 0 saturated carbocycles.